The van der Waals surface area contributed by atoms with Gasteiger partial charge in [0.05, 0.1) is 37.0 Å². The van der Waals surface area contributed by atoms with Gasteiger partial charge in [-0.25, -0.2) is 4.98 Å². The lowest BCUT2D eigenvalue weighted by atomic mass is 10.1. The molecule has 2 heterocycles. The van der Waals surface area contributed by atoms with E-state index in [4.69, 9.17) is 19.8 Å². The van der Waals surface area contributed by atoms with E-state index >= 15 is 0 Å². The highest BCUT2D eigenvalue weighted by Crippen LogP contribution is 2.37. The average Bonchev–Trinajstić information content (AvgIpc) is 3.56. The van der Waals surface area contributed by atoms with E-state index in [1.165, 1.54) is 18.2 Å². The zero-order chi connectivity index (χ0) is 30.5. The van der Waals surface area contributed by atoms with Crippen molar-refractivity contribution in [2.24, 2.45) is 5.92 Å². The summed E-state index contributed by atoms with van der Waals surface area (Å²) in [6, 6.07) is 3.91. The molecule has 2 aromatic heterocycles. The Balaban J connectivity index is 1.88. The molecule has 0 spiro atoms. The first-order valence-electron chi connectivity index (χ1n) is 14.4. The predicted octanol–water partition coefficient (Wildman–Crippen LogP) is 2.91. The van der Waals surface area contributed by atoms with Gasteiger partial charge in [-0.15, -0.1) is 0 Å². The van der Waals surface area contributed by atoms with E-state index in [9.17, 15) is 9.59 Å². The van der Waals surface area contributed by atoms with Crippen molar-refractivity contribution in [2.45, 2.75) is 26.2 Å². The highest BCUT2D eigenvalue weighted by molar-refractivity contribution is 6.02. The van der Waals surface area contributed by atoms with Gasteiger partial charge in [0.2, 0.25) is 5.91 Å². The summed E-state index contributed by atoms with van der Waals surface area (Å²) in [5.41, 5.74) is -0.938. The number of pyridine rings is 1. The van der Waals surface area contributed by atoms with Crippen molar-refractivity contribution in [3.63, 3.8) is 0 Å². The largest absolute Gasteiger partial charge is 0.492 e. The molecule has 1 saturated carbocycles. The van der Waals surface area contributed by atoms with Crippen LogP contribution in [0.2, 0.25) is 0 Å². The molecule has 0 radical (unpaired) electrons. The third kappa shape index (κ3) is 3.66. The number of amides is 2. The Hall–Kier alpha value is -3.62. The topological polar surface area (TPSA) is 110 Å². The summed E-state index contributed by atoms with van der Waals surface area (Å²) >= 11 is 0. The Morgan fingerprint density at radius 1 is 1.33 bits per heavy atom. The van der Waals surface area contributed by atoms with Crippen molar-refractivity contribution in [1.82, 2.24) is 20.1 Å². The van der Waals surface area contributed by atoms with Crippen LogP contribution in [-0.2, 0) is 11.3 Å². The molecule has 1 aliphatic rings. The van der Waals surface area contributed by atoms with Gasteiger partial charge in [0.15, 0.2) is 5.75 Å². The van der Waals surface area contributed by atoms with Crippen LogP contribution in [0.15, 0.2) is 30.6 Å². The van der Waals surface area contributed by atoms with Crippen molar-refractivity contribution in [1.29, 1.82) is 0 Å². The first kappa shape index (κ1) is 10.4. The highest BCUT2D eigenvalue weighted by Gasteiger charge is 2.30. The summed E-state index contributed by atoms with van der Waals surface area (Å²) in [7, 11) is -3.10. The average molecular weight is 420 g/mol. The summed E-state index contributed by atoms with van der Waals surface area (Å²) in [4.78, 5) is 29.1. The molecule has 9 nitrogen and oxygen atoms in total. The van der Waals surface area contributed by atoms with E-state index in [1.807, 2.05) is 5.32 Å². The molecule has 0 aliphatic heterocycles. The molecule has 9 heteroatoms. The number of nitrogens with one attached hydrogen (secondary N) is 3. The number of carbonyl (C=O) groups excluding carboxylic acids is 2. The number of aromatic nitrogens is 3. The Bertz CT molecular complexity index is 1490. The number of anilines is 3. The molecule has 3 aromatic rings. The summed E-state index contributed by atoms with van der Waals surface area (Å²) in [6.07, 6.45) is 3.53. The van der Waals surface area contributed by atoms with Crippen LogP contribution in [0, 0.1) is 5.92 Å². The molecule has 3 N–H and O–H groups in total. The fraction of sp³-hybridized carbons (Fsp3) is 0.333. The smallest absolute Gasteiger partial charge is 0.254 e. The number of benzene rings is 1. The fourth-order valence-corrected chi connectivity index (χ4v) is 2.97. The van der Waals surface area contributed by atoms with Crippen molar-refractivity contribution in [2.75, 3.05) is 24.6 Å². The summed E-state index contributed by atoms with van der Waals surface area (Å²) in [5, 5.41) is 11.1. The molecule has 0 bridgehead atoms. The molecule has 1 aliphatic carbocycles. The minimum atomic E-state index is -3.22. The first-order valence-corrected chi connectivity index (χ1v) is 8.87. The molecule has 2 amide bonds. The van der Waals surface area contributed by atoms with Gasteiger partial charge in [-0.1, -0.05) is 0 Å². The number of rotatable bonds is 7. The lowest BCUT2D eigenvalue weighted by Crippen LogP contribution is -2.20. The quantitative estimate of drug-likeness (QED) is 0.543. The SMILES string of the molecule is [2H]C([2H])([2H])NC(=O)c1cnc(NC(=O)C2CC2)cc1Nc1ccc2cnn(C([2H])([2H])C([2H])([2H])[2H])c2c1OC([2H])([2H])[2H]. The summed E-state index contributed by atoms with van der Waals surface area (Å²) < 4.78 is 90.0. The second-order valence-corrected chi connectivity index (χ2v) is 6.61. The molecule has 1 aromatic carbocycles. The zero-order valence-electron chi connectivity index (χ0n) is 26.4. The van der Waals surface area contributed by atoms with Crippen LogP contribution >= 0.6 is 0 Å². The van der Waals surface area contributed by atoms with Gasteiger partial charge in [-0.05, 0) is 31.8 Å². The number of ether oxygens (including phenoxy) is 1. The number of nitrogens with zero attached hydrogens (tertiary/aromatic N) is 3. The van der Waals surface area contributed by atoms with Crippen molar-refractivity contribution in [3.8, 4) is 5.75 Å². The van der Waals surface area contributed by atoms with Crippen LogP contribution in [0.1, 0.15) is 45.1 Å². The molecule has 30 heavy (non-hydrogen) atoms. The second kappa shape index (κ2) is 8.02. The zero-order valence-corrected chi connectivity index (χ0v) is 15.4. The lowest BCUT2D eigenvalue weighted by Gasteiger charge is -2.16. The molecule has 4 rings (SSSR count). The Morgan fingerprint density at radius 3 is 3.00 bits per heavy atom. The van der Waals surface area contributed by atoms with Crippen LogP contribution in [0.4, 0.5) is 17.2 Å². The Labute approximate surface area is 189 Å². The van der Waals surface area contributed by atoms with Gasteiger partial charge in [0.25, 0.3) is 5.91 Å². The van der Waals surface area contributed by atoms with Crippen LogP contribution in [0.25, 0.3) is 10.9 Å². The summed E-state index contributed by atoms with van der Waals surface area (Å²) in [6.45, 7) is -9.18. The second-order valence-electron chi connectivity index (χ2n) is 6.61. The maximum atomic E-state index is 12.8. The van der Waals surface area contributed by atoms with E-state index < -0.39 is 39.0 Å². The Morgan fingerprint density at radius 2 is 2.23 bits per heavy atom. The minimum Gasteiger partial charge on any atom is -0.492 e. The monoisotopic (exact) mass is 419 g/mol. The van der Waals surface area contributed by atoms with Crippen LogP contribution in [0.3, 0.4) is 0 Å². The highest BCUT2D eigenvalue weighted by atomic mass is 16.5. The maximum Gasteiger partial charge on any atom is 0.254 e. The minimum absolute atomic E-state index is 0.00187. The van der Waals surface area contributed by atoms with E-state index in [0.717, 1.165) is 12.4 Å². The van der Waals surface area contributed by atoms with Crippen molar-refractivity contribution in [3.05, 3.63) is 36.2 Å². The number of methoxy groups -OCH3 is 1. The number of hydrogen-bond donors (Lipinski definition) is 3. The van der Waals surface area contributed by atoms with Crippen LogP contribution < -0.4 is 20.7 Å². The molecular formula is C21H24N6O3. The number of hydrogen-bond acceptors (Lipinski definition) is 6. The third-order valence-corrected chi connectivity index (χ3v) is 4.63. The maximum absolute atomic E-state index is 12.8. The standard InChI is InChI=1S/C21H24N6O3/c1-4-27-18-13(10-24-27)7-8-15(19(18)30-3)25-16-9-17(26-20(28)12-5-6-12)23-11-14(16)21(29)22-2/h7-12H,4-6H2,1-3H3,(H,22,29)(H2,23,25,26,28)/i1D3,2D3,3D3,4D2. The number of fused-ring (bicyclic) bond motifs is 1. The van der Waals surface area contributed by atoms with Gasteiger partial charge < -0.3 is 20.7 Å². The van der Waals surface area contributed by atoms with Crippen LogP contribution in [0.5, 0.6) is 5.75 Å². The predicted molar refractivity (Wildman–Crippen MR) is 114 cm³/mol. The summed E-state index contributed by atoms with van der Waals surface area (Å²) in [5.74, 6) is -2.12. The Kier molecular flexibility index (Phi) is 2.78. The van der Waals surface area contributed by atoms with Crippen molar-refractivity contribution < 1.29 is 29.4 Å². The molecular weight excluding hydrogens is 384 g/mol. The van der Waals surface area contributed by atoms with E-state index in [-0.39, 0.29) is 45.5 Å². The van der Waals surface area contributed by atoms with Crippen LogP contribution in [-0.4, -0.2) is 40.6 Å². The van der Waals surface area contributed by atoms with Gasteiger partial charge in [0.1, 0.15) is 11.3 Å². The van der Waals surface area contributed by atoms with Gasteiger partial charge >= 0.3 is 0 Å². The third-order valence-electron chi connectivity index (χ3n) is 4.63. The molecule has 0 saturated heterocycles. The first-order chi connectivity index (χ1) is 18.8. The number of aryl methyl sites for hydroxylation is 1. The normalized spacial score (nSPS) is 20.3. The molecule has 1 fully saturated rings. The molecule has 0 atom stereocenters. The molecule has 156 valence electrons. The molecule has 0 unspecified atom stereocenters. The van der Waals surface area contributed by atoms with Gasteiger partial charge in [-0.3, -0.25) is 14.3 Å². The fourth-order valence-electron chi connectivity index (χ4n) is 2.97. The lowest BCUT2D eigenvalue weighted by molar-refractivity contribution is -0.117. The van der Waals surface area contributed by atoms with E-state index in [2.05, 4.69) is 20.7 Å². The van der Waals surface area contributed by atoms with E-state index in [0.29, 0.717) is 17.5 Å². The number of carbonyl (C=O) groups is 2. The van der Waals surface area contributed by atoms with Crippen molar-refractivity contribution >= 4 is 39.9 Å². The van der Waals surface area contributed by atoms with Gasteiger partial charge in [-0.2, -0.15) is 5.10 Å². The van der Waals surface area contributed by atoms with Gasteiger partial charge in [0, 0.05) is 45.3 Å². The van der Waals surface area contributed by atoms with E-state index in [1.54, 1.807) is 0 Å².